The first kappa shape index (κ1) is 21.8. The molecule has 31 heavy (non-hydrogen) atoms. The number of guanidine groups is 1. The van der Waals surface area contributed by atoms with E-state index in [4.69, 9.17) is 4.99 Å². The Hall–Kier alpha value is -2.41. The van der Waals surface area contributed by atoms with Crippen LogP contribution in [0, 0.1) is 0 Å². The molecular weight excluding hydrogens is 386 g/mol. The third kappa shape index (κ3) is 5.26. The summed E-state index contributed by atoms with van der Waals surface area (Å²) in [5, 5.41) is 12.4. The van der Waals surface area contributed by atoms with E-state index in [1.807, 2.05) is 0 Å². The van der Waals surface area contributed by atoms with Crippen molar-refractivity contribution in [2.24, 2.45) is 4.99 Å². The van der Waals surface area contributed by atoms with Gasteiger partial charge in [-0.05, 0) is 31.7 Å². The number of aryl methyl sites for hydroxylation is 1. The Morgan fingerprint density at radius 1 is 1.00 bits per heavy atom. The van der Waals surface area contributed by atoms with Crippen LogP contribution in [-0.4, -0.2) is 63.2 Å². The molecule has 1 fully saturated rings. The van der Waals surface area contributed by atoms with Crippen LogP contribution in [0.3, 0.4) is 0 Å². The second kappa shape index (κ2) is 10.8. The highest BCUT2D eigenvalue weighted by Gasteiger charge is 2.25. The topological polar surface area (TPSA) is 61.6 Å². The molecule has 1 atom stereocenters. The Kier molecular flexibility index (Phi) is 7.57. The Morgan fingerprint density at radius 3 is 2.55 bits per heavy atom. The van der Waals surface area contributed by atoms with Gasteiger partial charge in [0.25, 0.3) is 0 Å². The van der Waals surface area contributed by atoms with E-state index in [0.29, 0.717) is 12.6 Å². The lowest BCUT2D eigenvalue weighted by atomic mass is 10.0. The van der Waals surface area contributed by atoms with Crippen molar-refractivity contribution in [3.63, 3.8) is 0 Å². The van der Waals surface area contributed by atoms with Gasteiger partial charge in [-0.25, -0.2) is 4.99 Å². The van der Waals surface area contributed by atoms with Gasteiger partial charge in [-0.3, -0.25) is 4.90 Å². The number of hydrogen-bond donors (Lipinski definition) is 1. The van der Waals surface area contributed by atoms with Crippen molar-refractivity contribution >= 4 is 5.96 Å². The van der Waals surface area contributed by atoms with Gasteiger partial charge in [-0.1, -0.05) is 43.7 Å². The second-order valence-electron chi connectivity index (χ2n) is 8.52. The molecule has 1 aromatic carbocycles. The lowest BCUT2D eigenvalue weighted by Gasteiger charge is -2.40. The largest absolute Gasteiger partial charge is 0.357 e. The molecule has 2 aromatic rings. The summed E-state index contributed by atoms with van der Waals surface area (Å²) < 4.78 is 2.30. The quantitative estimate of drug-likeness (QED) is 0.571. The Balaban J connectivity index is 1.40. The third-order valence-corrected chi connectivity index (χ3v) is 6.52. The first-order chi connectivity index (χ1) is 15.3. The van der Waals surface area contributed by atoms with Crippen LogP contribution in [0.25, 0.3) is 0 Å². The maximum atomic E-state index is 4.96. The summed E-state index contributed by atoms with van der Waals surface area (Å²) in [7, 11) is 0. The molecular formula is C24H37N7. The normalized spacial score (nSPS) is 19.0. The summed E-state index contributed by atoms with van der Waals surface area (Å²) in [4.78, 5) is 9.98. The molecule has 0 radical (unpaired) electrons. The molecule has 0 spiro atoms. The standard InChI is InChI=1S/C24H37N7/c1-3-21(20-11-7-5-8-12-20)29-15-17-30(18-16-29)24(25-4-2)26-19-23-28-27-22-13-9-6-10-14-31(22)23/h5,7-8,11-12,21H,3-4,6,9-10,13-19H2,1-2H3,(H,25,26). The highest BCUT2D eigenvalue weighted by Crippen LogP contribution is 2.25. The highest BCUT2D eigenvalue weighted by atomic mass is 15.4. The van der Waals surface area contributed by atoms with Crippen LogP contribution in [0.2, 0.25) is 0 Å². The summed E-state index contributed by atoms with van der Waals surface area (Å²) >= 11 is 0. The molecule has 1 saturated heterocycles. The predicted molar refractivity (Wildman–Crippen MR) is 125 cm³/mol. The van der Waals surface area contributed by atoms with Gasteiger partial charge in [0.05, 0.1) is 0 Å². The van der Waals surface area contributed by atoms with Crippen LogP contribution in [0.15, 0.2) is 35.3 Å². The summed E-state index contributed by atoms with van der Waals surface area (Å²) in [5.74, 6) is 3.13. The number of aliphatic imine (C=N–C) groups is 1. The Bertz CT molecular complexity index is 837. The van der Waals surface area contributed by atoms with Crippen LogP contribution in [0.1, 0.15) is 62.8 Å². The Morgan fingerprint density at radius 2 is 1.81 bits per heavy atom. The van der Waals surface area contributed by atoms with E-state index in [1.54, 1.807) is 0 Å². The number of piperazine rings is 1. The predicted octanol–water partition coefficient (Wildman–Crippen LogP) is 3.24. The SMILES string of the molecule is CCNC(=NCc1nnc2n1CCCCC2)N1CCN(C(CC)c2ccccc2)CC1. The van der Waals surface area contributed by atoms with E-state index < -0.39 is 0 Å². The minimum Gasteiger partial charge on any atom is -0.357 e. The molecule has 1 unspecified atom stereocenters. The second-order valence-corrected chi connectivity index (χ2v) is 8.52. The maximum Gasteiger partial charge on any atom is 0.194 e. The molecule has 7 heteroatoms. The molecule has 0 saturated carbocycles. The average Bonchev–Trinajstić information content (AvgIpc) is 3.04. The van der Waals surface area contributed by atoms with Crippen molar-refractivity contribution < 1.29 is 0 Å². The number of fused-ring (bicyclic) bond motifs is 1. The van der Waals surface area contributed by atoms with Crippen molar-refractivity contribution in [1.29, 1.82) is 0 Å². The van der Waals surface area contributed by atoms with E-state index >= 15 is 0 Å². The van der Waals surface area contributed by atoms with Gasteiger partial charge in [0.1, 0.15) is 12.4 Å². The third-order valence-electron chi connectivity index (χ3n) is 6.52. The molecule has 0 amide bonds. The monoisotopic (exact) mass is 423 g/mol. The van der Waals surface area contributed by atoms with Gasteiger partial charge in [0, 0.05) is 51.7 Å². The van der Waals surface area contributed by atoms with Crippen molar-refractivity contribution in [2.75, 3.05) is 32.7 Å². The molecule has 0 bridgehead atoms. The molecule has 4 rings (SSSR count). The van der Waals surface area contributed by atoms with Gasteiger partial charge >= 0.3 is 0 Å². The molecule has 168 valence electrons. The number of nitrogens with one attached hydrogen (secondary N) is 1. The molecule has 7 nitrogen and oxygen atoms in total. The van der Waals surface area contributed by atoms with Crippen molar-refractivity contribution in [3.8, 4) is 0 Å². The van der Waals surface area contributed by atoms with E-state index in [0.717, 1.165) is 69.7 Å². The van der Waals surface area contributed by atoms with Gasteiger partial charge < -0.3 is 14.8 Å². The number of benzene rings is 1. The first-order valence-electron chi connectivity index (χ1n) is 12.0. The van der Waals surface area contributed by atoms with Crippen LogP contribution in [0.5, 0.6) is 0 Å². The smallest absolute Gasteiger partial charge is 0.194 e. The van der Waals surface area contributed by atoms with Crippen molar-refractivity contribution in [3.05, 3.63) is 47.5 Å². The minimum absolute atomic E-state index is 0.495. The zero-order valence-electron chi connectivity index (χ0n) is 19.1. The summed E-state index contributed by atoms with van der Waals surface area (Å²) in [5.41, 5.74) is 1.42. The number of aromatic nitrogens is 3. The van der Waals surface area contributed by atoms with Gasteiger partial charge in [0.15, 0.2) is 11.8 Å². The average molecular weight is 424 g/mol. The number of rotatable bonds is 6. The van der Waals surface area contributed by atoms with E-state index in [-0.39, 0.29) is 0 Å². The molecule has 0 aliphatic carbocycles. The molecule has 1 N–H and O–H groups in total. The zero-order valence-corrected chi connectivity index (χ0v) is 19.1. The van der Waals surface area contributed by atoms with Crippen LogP contribution >= 0.6 is 0 Å². The maximum absolute atomic E-state index is 4.96. The number of nitrogens with zero attached hydrogens (tertiary/aromatic N) is 6. The number of hydrogen-bond acceptors (Lipinski definition) is 4. The van der Waals surface area contributed by atoms with Gasteiger partial charge in [-0.2, -0.15) is 0 Å². The minimum atomic E-state index is 0.495. The van der Waals surface area contributed by atoms with Crippen LogP contribution < -0.4 is 5.32 Å². The van der Waals surface area contributed by atoms with E-state index in [2.05, 4.69) is 74.1 Å². The lowest BCUT2D eigenvalue weighted by Crippen LogP contribution is -2.53. The van der Waals surface area contributed by atoms with Crippen LogP contribution in [0.4, 0.5) is 0 Å². The molecule has 1 aromatic heterocycles. The van der Waals surface area contributed by atoms with Gasteiger partial charge in [-0.15, -0.1) is 10.2 Å². The summed E-state index contributed by atoms with van der Waals surface area (Å²) in [6.45, 7) is 11.0. The van der Waals surface area contributed by atoms with Crippen molar-refractivity contribution in [2.45, 2.75) is 65.1 Å². The van der Waals surface area contributed by atoms with E-state index in [1.165, 1.54) is 24.8 Å². The fourth-order valence-electron chi connectivity index (χ4n) is 4.86. The molecule has 3 heterocycles. The summed E-state index contributed by atoms with van der Waals surface area (Å²) in [6.07, 6.45) is 5.88. The van der Waals surface area contributed by atoms with Crippen LogP contribution in [-0.2, 0) is 19.5 Å². The zero-order chi connectivity index (χ0) is 21.5. The Labute approximate surface area is 186 Å². The fourth-order valence-corrected chi connectivity index (χ4v) is 4.86. The highest BCUT2D eigenvalue weighted by molar-refractivity contribution is 5.80. The van der Waals surface area contributed by atoms with Gasteiger partial charge in [0.2, 0.25) is 0 Å². The fraction of sp³-hybridized carbons (Fsp3) is 0.625. The first-order valence-corrected chi connectivity index (χ1v) is 12.0. The molecule has 2 aliphatic rings. The lowest BCUT2D eigenvalue weighted by molar-refractivity contribution is 0.127. The molecule has 2 aliphatic heterocycles. The van der Waals surface area contributed by atoms with Crippen molar-refractivity contribution in [1.82, 2.24) is 29.9 Å². The van der Waals surface area contributed by atoms with E-state index in [9.17, 15) is 0 Å². The summed E-state index contributed by atoms with van der Waals surface area (Å²) in [6, 6.07) is 11.4.